The van der Waals surface area contributed by atoms with Gasteiger partial charge in [0.15, 0.2) is 0 Å². The van der Waals surface area contributed by atoms with E-state index in [2.05, 4.69) is 13.5 Å². The molecule has 0 N–H and O–H groups in total. The molecule has 1 rings (SSSR count). The number of rotatable bonds is 8. The maximum absolute atomic E-state index is 10.8. The highest BCUT2D eigenvalue weighted by molar-refractivity contribution is 6.52. The number of carbonyl (C=O) groups excluding carboxylic acids is 1. The summed E-state index contributed by atoms with van der Waals surface area (Å²) >= 11 is 0. The molecule has 17 heavy (non-hydrogen) atoms. The normalized spacial score (nSPS) is 22.6. The molecule has 0 aromatic rings. The van der Waals surface area contributed by atoms with Crippen molar-refractivity contribution in [2.75, 3.05) is 6.61 Å². The van der Waals surface area contributed by atoms with Gasteiger partial charge < -0.3 is 9.16 Å². The van der Waals surface area contributed by atoms with Crippen LogP contribution in [-0.2, 0) is 14.0 Å². The van der Waals surface area contributed by atoms with Gasteiger partial charge >= 0.3 is 0 Å². The highest BCUT2D eigenvalue weighted by Crippen LogP contribution is 2.25. The van der Waals surface area contributed by atoms with Gasteiger partial charge in [-0.15, -0.1) is 0 Å². The third-order valence-electron chi connectivity index (χ3n) is 3.56. The minimum absolute atomic E-state index is 0.112. The molecule has 3 unspecified atom stereocenters. The summed E-state index contributed by atoms with van der Waals surface area (Å²) in [4.78, 5) is 10.8. The van der Waals surface area contributed by atoms with Gasteiger partial charge in [-0.05, 0) is 31.4 Å². The molecule has 0 saturated carbocycles. The van der Waals surface area contributed by atoms with E-state index >= 15 is 0 Å². The molecule has 0 aliphatic carbocycles. The van der Waals surface area contributed by atoms with Gasteiger partial charge in [0.25, 0.3) is 5.97 Å². The molecule has 1 aliphatic rings. The van der Waals surface area contributed by atoms with E-state index in [-0.39, 0.29) is 5.97 Å². The molecule has 0 aromatic heterocycles. The van der Waals surface area contributed by atoms with Crippen LogP contribution in [0.25, 0.3) is 0 Å². The van der Waals surface area contributed by atoms with Crippen LogP contribution in [0.3, 0.4) is 0 Å². The van der Waals surface area contributed by atoms with Crippen molar-refractivity contribution in [1.29, 1.82) is 0 Å². The molecular weight excluding hydrogens is 232 g/mol. The lowest BCUT2D eigenvalue weighted by Crippen LogP contribution is -2.29. The zero-order chi connectivity index (χ0) is 12.7. The van der Waals surface area contributed by atoms with E-state index in [1.165, 1.54) is 39.0 Å². The van der Waals surface area contributed by atoms with E-state index in [1.807, 2.05) is 0 Å². The summed E-state index contributed by atoms with van der Waals surface area (Å²) in [6.07, 6.45) is 6.70. The van der Waals surface area contributed by atoms with Crippen LogP contribution in [0.4, 0.5) is 0 Å². The standard InChI is InChI=1S/C13H26O3Si/c1-4-12(10-13-7-8-15-13)6-5-9-17(3)16-11(2)14/h12-13,17H,4-10H2,1-3H3. The van der Waals surface area contributed by atoms with Crippen LogP contribution in [-0.4, -0.2) is 27.7 Å². The van der Waals surface area contributed by atoms with Crippen molar-refractivity contribution in [1.82, 2.24) is 0 Å². The monoisotopic (exact) mass is 258 g/mol. The lowest BCUT2D eigenvalue weighted by Gasteiger charge is -2.30. The maximum Gasteiger partial charge on any atom is 0.289 e. The van der Waals surface area contributed by atoms with Gasteiger partial charge in [0, 0.05) is 13.5 Å². The smallest absolute Gasteiger partial charge is 0.289 e. The zero-order valence-corrected chi connectivity index (χ0v) is 12.6. The first-order valence-electron chi connectivity index (χ1n) is 6.90. The molecule has 1 aliphatic heterocycles. The van der Waals surface area contributed by atoms with E-state index in [1.54, 1.807) is 0 Å². The lowest BCUT2D eigenvalue weighted by atomic mass is 9.91. The Kier molecular flexibility index (Phi) is 6.81. The summed E-state index contributed by atoms with van der Waals surface area (Å²) < 4.78 is 10.7. The molecule has 100 valence electrons. The van der Waals surface area contributed by atoms with E-state index in [0.717, 1.165) is 18.6 Å². The highest BCUT2D eigenvalue weighted by Gasteiger charge is 2.22. The van der Waals surface area contributed by atoms with E-state index in [4.69, 9.17) is 9.16 Å². The second-order valence-electron chi connectivity index (χ2n) is 5.14. The maximum atomic E-state index is 10.8. The van der Waals surface area contributed by atoms with Gasteiger partial charge in [-0.3, -0.25) is 4.79 Å². The molecule has 0 bridgehead atoms. The van der Waals surface area contributed by atoms with E-state index in [9.17, 15) is 4.79 Å². The Morgan fingerprint density at radius 1 is 1.59 bits per heavy atom. The van der Waals surface area contributed by atoms with Crippen molar-refractivity contribution in [3.05, 3.63) is 0 Å². The van der Waals surface area contributed by atoms with Crippen LogP contribution in [0.1, 0.15) is 46.0 Å². The van der Waals surface area contributed by atoms with Crippen molar-refractivity contribution < 1.29 is 14.0 Å². The molecule has 1 heterocycles. The third kappa shape index (κ3) is 6.22. The molecule has 0 radical (unpaired) electrons. The van der Waals surface area contributed by atoms with Crippen LogP contribution < -0.4 is 0 Å². The van der Waals surface area contributed by atoms with Gasteiger partial charge in [-0.1, -0.05) is 26.2 Å². The molecule has 1 fully saturated rings. The summed E-state index contributed by atoms with van der Waals surface area (Å²) in [5.41, 5.74) is 0. The number of hydrogen-bond donors (Lipinski definition) is 0. The van der Waals surface area contributed by atoms with Crippen LogP contribution >= 0.6 is 0 Å². The predicted octanol–water partition coefficient (Wildman–Crippen LogP) is 2.89. The minimum atomic E-state index is -1.24. The van der Waals surface area contributed by atoms with Crippen molar-refractivity contribution in [2.45, 2.75) is 64.6 Å². The molecule has 0 aromatic carbocycles. The first-order valence-corrected chi connectivity index (χ1v) is 9.34. The quantitative estimate of drug-likeness (QED) is 0.628. The Morgan fingerprint density at radius 2 is 2.29 bits per heavy atom. The molecule has 3 nitrogen and oxygen atoms in total. The first-order chi connectivity index (χ1) is 8.11. The van der Waals surface area contributed by atoms with Crippen molar-refractivity contribution in [3.8, 4) is 0 Å². The number of ether oxygens (including phenoxy) is 1. The molecule has 4 heteroatoms. The number of carbonyl (C=O) groups is 1. The van der Waals surface area contributed by atoms with Gasteiger partial charge in [-0.25, -0.2) is 0 Å². The van der Waals surface area contributed by atoms with Crippen LogP contribution in [0.2, 0.25) is 12.6 Å². The van der Waals surface area contributed by atoms with Gasteiger partial charge in [0.1, 0.15) is 0 Å². The average Bonchev–Trinajstić information content (AvgIpc) is 2.19. The summed E-state index contributed by atoms with van der Waals surface area (Å²) in [5, 5.41) is 0. The van der Waals surface area contributed by atoms with Crippen LogP contribution in [0.15, 0.2) is 0 Å². The molecule has 0 spiro atoms. The Hall–Kier alpha value is -0.353. The zero-order valence-electron chi connectivity index (χ0n) is 11.4. The molecular formula is C13H26O3Si. The second kappa shape index (κ2) is 7.87. The molecule has 3 atom stereocenters. The Morgan fingerprint density at radius 3 is 2.76 bits per heavy atom. The Balaban J connectivity index is 2.07. The summed E-state index contributed by atoms with van der Waals surface area (Å²) in [6.45, 7) is 6.83. The first kappa shape index (κ1) is 14.7. The third-order valence-corrected chi connectivity index (χ3v) is 5.51. The summed E-state index contributed by atoms with van der Waals surface area (Å²) in [5.74, 6) is 0.679. The summed E-state index contributed by atoms with van der Waals surface area (Å²) in [6, 6.07) is 1.11. The van der Waals surface area contributed by atoms with Gasteiger partial charge in [0.05, 0.1) is 6.10 Å². The summed E-state index contributed by atoms with van der Waals surface area (Å²) in [7, 11) is -1.24. The van der Waals surface area contributed by atoms with Gasteiger partial charge in [0.2, 0.25) is 9.04 Å². The van der Waals surface area contributed by atoms with Crippen LogP contribution in [0, 0.1) is 5.92 Å². The van der Waals surface area contributed by atoms with Crippen molar-refractivity contribution >= 4 is 15.0 Å². The predicted molar refractivity (Wildman–Crippen MR) is 71.6 cm³/mol. The molecule has 0 amide bonds. The molecule has 1 saturated heterocycles. The average molecular weight is 258 g/mol. The SMILES string of the molecule is CCC(CCC[SiH](C)OC(C)=O)CC1CCO1. The fourth-order valence-electron chi connectivity index (χ4n) is 2.37. The fourth-order valence-corrected chi connectivity index (χ4v) is 3.86. The van der Waals surface area contributed by atoms with Crippen LogP contribution in [0.5, 0.6) is 0 Å². The highest BCUT2D eigenvalue weighted by atomic mass is 28.3. The second-order valence-corrected chi connectivity index (χ2v) is 7.58. The minimum Gasteiger partial charge on any atom is -0.522 e. The fraction of sp³-hybridized carbons (Fsp3) is 0.923. The lowest BCUT2D eigenvalue weighted by molar-refractivity contribution is -0.132. The van der Waals surface area contributed by atoms with Crippen molar-refractivity contribution in [3.63, 3.8) is 0 Å². The van der Waals surface area contributed by atoms with Crippen molar-refractivity contribution in [2.24, 2.45) is 5.92 Å². The Bertz CT molecular complexity index is 229. The Labute approximate surface area is 107 Å². The largest absolute Gasteiger partial charge is 0.522 e. The number of hydrogen-bond acceptors (Lipinski definition) is 3. The van der Waals surface area contributed by atoms with Gasteiger partial charge in [-0.2, -0.15) is 0 Å². The van der Waals surface area contributed by atoms with E-state index < -0.39 is 9.04 Å². The topological polar surface area (TPSA) is 35.5 Å². The van der Waals surface area contributed by atoms with E-state index in [0.29, 0.717) is 6.10 Å².